The lowest BCUT2D eigenvalue weighted by Gasteiger charge is -2.19. The van der Waals surface area contributed by atoms with Crippen molar-refractivity contribution in [2.24, 2.45) is 0 Å². The Labute approximate surface area is 181 Å². The molecular formula is C25H25N5O. The molecule has 1 aliphatic heterocycles. The second-order valence-electron chi connectivity index (χ2n) is 7.87. The lowest BCUT2D eigenvalue weighted by atomic mass is 10.1. The van der Waals surface area contributed by atoms with Gasteiger partial charge in [0.25, 0.3) is 5.91 Å². The number of hydrogen-bond acceptors (Lipinski definition) is 4. The van der Waals surface area contributed by atoms with Crippen molar-refractivity contribution >= 4 is 22.6 Å². The minimum absolute atomic E-state index is 0.0394. The molecule has 2 aromatic carbocycles. The van der Waals surface area contributed by atoms with Gasteiger partial charge in [0.1, 0.15) is 0 Å². The highest BCUT2D eigenvalue weighted by atomic mass is 16.2. The van der Waals surface area contributed by atoms with Crippen LogP contribution in [-0.4, -0.2) is 44.7 Å². The molecule has 156 valence electrons. The second-order valence-corrected chi connectivity index (χ2v) is 7.87. The van der Waals surface area contributed by atoms with Gasteiger partial charge in [-0.3, -0.25) is 4.79 Å². The van der Waals surface area contributed by atoms with Gasteiger partial charge in [0.05, 0.1) is 22.8 Å². The number of carbonyl (C=O) groups is 1. The Balaban J connectivity index is 1.46. The van der Waals surface area contributed by atoms with Crippen molar-refractivity contribution in [1.82, 2.24) is 19.7 Å². The molecule has 0 bridgehead atoms. The number of anilines is 1. The summed E-state index contributed by atoms with van der Waals surface area (Å²) in [6.07, 6.45) is 2.69. The number of aryl methyl sites for hydroxylation is 1. The van der Waals surface area contributed by atoms with Gasteiger partial charge in [-0.25, -0.2) is 9.67 Å². The molecule has 1 saturated heterocycles. The van der Waals surface area contributed by atoms with Crippen LogP contribution in [0.25, 0.3) is 22.3 Å². The molecule has 31 heavy (non-hydrogen) atoms. The number of likely N-dealkylation sites (tertiary alicyclic amines) is 1. The SMILES string of the molecule is CCn1ncc2c(C(=O)N3CCC(Nc4ccccc4)C3)cc(-c3ccccc3)nc21. The van der Waals surface area contributed by atoms with Gasteiger partial charge in [0, 0.05) is 36.9 Å². The Kier molecular flexibility index (Phi) is 5.12. The Bertz CT molecular complexity index is 1200. The van der Waals surface area contributed by atoms with Crippen molar-refractivity contribution in [3.63, 3.8) is 0 Å². The Morgan fingerprint density at radius 1 is 1.10 bits per heavy atom. The molecular weight excluding hydrogens is 386 g/mol. The maximum atomic E-state index is 13.6. The van der Waals surface area contributed by atoms with Crippen molar-refractivity contribution in [2.75, 3.05) is 18.4 Å². The van der Waals surface area contributed by atoms with E-state index in [-0.39, 0.29) is 11.9 Å². The molecule has 0 aliphatic carbocycles. The number of rotatable bonds is 5. The van der Waals surface area contributed by atoms with Crippen LogP contribution in [0.5, 0.6) is 0 Å². The van der Waals surface area contributed by atoms with Gasteiger partial charge in [-0.05, 0) is 31.5 Å². The summed E-state index contributed by atoms with van der Waals surface area (Å²) in [5, 5.41) is 8.81. The Morgan fingerprint density at radius 2 is 1.84 bits per heavy atom. The fourth-order valence-electron chi connectivity index (χ4n) is 4.22. The monoisotopic (exact) mass is 411 g/mol. The molecule has 6 heteroatoms. The molecule has 6 nitrogen and oxygen atoms in total. The summed E-state index contributed by atoms with van der Waals surface area (Å²) >= 11 is 0. The summed E-state index contributed by atoms with van der Waals surface area (Å²) in [7, 11) is 0. The highest BCUT2D eigenvalue weighted by molar-refractivity contribution is 6.06. The molecule has 4 aromatic rings. The molecule has 1 atom stereocenters. The van der Waals surface area contributed by atoms with Gasteiger partial charge in [-0.1, -0.05) is 48.5 Å². The smallest absolute Gasteiger partial charge is 0.254 e. The summed E-state index contributed by atoms with van der Waals surface area (Å²) in [5.74, 6) is 0.0394. The highest BCUT2D eigenvalue weighted by Crippen LogP contribution is 2.27. The molecule has 1 N–H and O–H groups in total. The quantitative estimate of drug-likeness (QED) is 0.527. The lowest BCUT2D eigenvalue weighted by molar-refractivity contribution is 0.0793. The van der Waals surface area contributed by atoms with Crippen LogP contribution in [0.15, 0.2) is 72.9 Å². The van der Waals surface area contributed by atoms with Crippen molar-refractivity contribution in [1.29, 1.82) is 0 Å². The number of aromatic nitrogens is 3. The van der Waals surface area contributed by atoms with Crippen molar-refractivity contribution in [2.45, 2.75) is 25.9 Å². The van der Waals surface area contributed by atoms with Gasteiger partial charge >= 0.3 is 0 Å². The van der Waals surface area contributed by atoms with Crippen LogP contribution in [0.2, 0.25) is 0 Å². The molecule has 5 rings (SSSR count). The third kappa shape index (κ3) is 3.77. The minimum atomic E-state index is 0.0394. The zero-order valence-corrected chi connectivity index (χ0v) is 17.5. The number of para-hydroxylation sites is 1. The number of hydrogen-bond donors (Lipinski definition) is 1. The normalized spacial score (nSPS) is 16.0. The van der Waals surface area contributed by atoms with Crippen LogP contribution < -0.4 is 5.32 Å². The molecule has 0 spiro atoms. The van der Waals surface area contributed by atoms with Crippen LogP contribution in [0.4, 0.5) is 5.69 Å². The summed E-state index contributed by atoms with van der Waals surface area (Å²) in [5.41, 5.74) is 4.30. The van der Waals surface area contributed by atoms with E-state index in [2.05, 4.69) is 22.5 Å². The van der Waals surface area contributed by atoms with Gasteiger partial charge in [-0.15, -0.1) is 0 Å². The summed E-state index contributed by atoms with van der Waals surface area (Å²) in [4.78, 5) is 20.3. The highest BCUT2D eigenvalue weighted by Gasteiger charge is 2.29. The summed E-state index contributed by atoms with van der Waals surface area (Å²) in [6, 6.07) is 22.3. The number of amides is 1. The number of nitrogens with one attached hydrogen (secondary N) is 1. The molecule has 0 saturated carbocycles. The molecule has 0 radical (unpaired) electrons. The molecule has 1 unspecified atom stereocenters. The first kappa shape index (κ1) is 19.3. The number of pyridine rings is 1. The van der Waals surface area contributed by atoms with E-state index >= 15 is 0 Å². The van der Waals surface area contributed by atoms with E-state index in [0.717, 1.165) is 40.9 Å². The van der Waals surface area contributed by atoms with Crippen molar-refractivity contribution < 1.29 is 4.79 Å². The fraction of sp³-hybridized carbons (Fsp3) is 0.240. The summed E-state index contributed by atoms with van der Waals surface area (Å²) in [6.45, 7) is 4.15. The predicted octanol–water partition coefficient (Wildman–Crippen LogP) is 4.44. The molecule has 1 amide bonds. The average Bonchev–Trinajstić information content (AvgIpc) is 3.46. The zero-order chi connectivity index (χ0) is 21.2. The number of carbonyl (C=O) groups excluding carboxylic acids is 1. The van der Waals surface area contributed by atoms with Gasteiger partial charge in [0.2, 0.25) is 0 Å². The Morgan fingerprint density at radius 3 is 2.58 bits per heavy atom. The van der Waals surface area contributed by atoms with Crippen LogP contribution in [0, 0.1) is 0 Å². The fourth-order valence-corrected chi connectivity index (χ4v) is 4.22. The van der Waals surface area contributed by atoms with Gasteiger partial charge in [-0.2, -0.15) is 5.10 Å². The average molecular weight is 412 g/mol. The third-order valence-corrected chi connectivity index (χ3v) is 5.83. The van der Waals surface area contributed by atoms with Gasteiger partial charge in [0.15, 0.2) is 5.65 Å². The third-order valence-electron chi connectivity index (χ3n) is 5.83. The topological polar surface area (TPSA) is 63.1 Å². The lowest BCUT2D eigenvalue weighted by Crippen LogP contribution is -2.31. The first-order valence-corrected chi connectivity index (χ1v) is 10.8. The first-order chi connectivity index (χ1) is 15.2. The van der Waals surface area contributed by atoms with E-state index in [9.17, 15) is 4.79 Å². The van der Waals surface area contributed by atoms with E-state index < -0.39 is 0 Å². The van der Waals surface area contributed by atoms with Crippen molar-refractivity contribution in [3.05, 3.63) is 78.5 Å². The van der Waals surface area contributed by atoms with Crippen LogP contribution >= 0.6 is 0 Å². The van der Waals surface area contributed by atoms with Crippen LogP contribution in [-0.2, 0) is 6.54 Å². The maximum Gasteiger partial charge on any atom is 0.254 e. The van der Waals surface area contributed by atoms with Crippen LogP contribution in [0.3, 0.4) is 0 Å². The number of nitrogens with zero attached hydrogens (tertiary/aromatic N) is 4. The van der Waals surface area contributed by atoms with E-state index in [0.29, 0.717) is 18.7 Å². The van der Waals surface area contributed by atoms with Crippen LogP contribution in [0.1, 0.15) is 23.7 Å². The Hall–Kier alpha value is -3.67. The van der Waals surface area contributed by atoms with E-state index in [1.807, 2.05) is 71.1 Å². The van der Waals surface area contributed by atoms with E-state index in [4.69, 9.17) is 4.98 Å². The largest absolute Gasteiger partial charge is 0.380 e. The maximum absolute atomic E-state index is 13.6. The molecule has 2 aromatic heterocycles. The zero-order valence-electron chi connectivity index (χ0n) is 17.5. The molecule has 3 heterocycles. The standard InChI is InChI=1S/C25H25N5O/c1-2-30-24-22(16-26-30)21(15-23(28-24)18-9-5-3-6-10-18)25(31)29-14-13-20(17-29)27-19-11-7-4-8-12-19/h3-12,15-16,20,27H,2,13-14,17H2,1H3. The van der Waals surface area contributed by atoms with Gasteiger partial charge < -0.3 is 10.2 Å². The predicted molar refractivity (Wildman–Crippen MR) is 123 cm³/mol. The van der Waals surface area contributed by atoms with Crippen molar-refractivity contribution in [3.8, 4) is 11.3 Å². The molecule has 1 aliphatic rings. The van der Waals surface area contributed by atoms with E-state index in [1.54, 1.807) is 6.20 Å². The molecule has 1 fully saturated rings. The first-order valence-electron chi connectivity index (χ1n) is 10.8. The minimum Gasteiger partial charge on any atom is -0.380 e. The number of fused-ring (bicyclic) bond motifs is 1. The second kappa shape index (κ2) is 8.22. The summed E-state index contributed by atoms with van der Waals surface area (Å²) < 4.78 is 1.85. The number of benzene rings is 2. The van der Waals surface area contributed by atoms with E-state index in [1.165, 1.54) is 0 Å².